The monoisotopic (exact) mass is 261 g/mol. The highest BCUT2D eigenvalue weighted by atomic mass is 79.9. The van der Waals surface area contributed by atoms with Crippen molar-refractivity contribution in [3.63, 3.8) is 0 Å². The summed E-state index contributed by atoms with van der Waals surface area (Å²) < 4.78 is 27.3. The minimum absolute atomic E-state index is 0.0260. The predicted molar refractivity (Wildman–Crippen MR) is 53.8 cm³/mol. The molecule has 1 aromatic rings. The third kappa shape index (κ3) is 1.37. The first kappa shape index (κ1) is 10.1. The first-order valence-corrected chi connectivity index (χ1v) is 5.27. The molecule has 0 atom stereocenters. The Labute approximate surface area is 89.4 Å². The average molecular weight is 262 g/mol. The average Bonchev–Trinajstić information content (AvgIpc) is 2.09. The predicted octanol–water partition coefficient (Wildman–Crippen LogP) is 3.07. The van der Waals surface area contributed by atoms with Crippen LogP contribution in [-0.4, -0.2) is 0 Å². The van der Waals surface area contributed by atoms with Crippen LogP contribution in [0.5, 0.6) is 0 Å². The molecule has 0 heterocycles. The summed E-state index contributed by atoms with van der Waals surface area (Å²) in [6, 6.07) is 2.60. The zero-order valence-electron chi connectivity index (χ0n) is 7.49. The van der Waals surface area contributed by atoms with Crippen LogP contribution < -0.4 is 5.73 Å². The Morgan fingerprint density at radius 1 is 1.29 bits per heavy atom. The van der Waals surface area contributed by atoms with Crippen molar-refractivity contribution in [3.05, 3.63) is 33.8 Å². The second-order valence-corrected chi connectivity index (χ2v) is 4.58. The molecule has 1 nitrogen and oxygen atoms in total. The molecule has 0 saturated heterocycles. The minimum atomic E-state index is -0.794. The van der Waals surface area contributed by atoms with E-state index < -0.39 is 17.2 Å². The maximum absolute atomic E-state index is 13.6. The Morgan fingerprint density at radius 3 is 2.43 bits per heavy atom. The molecule has 0 spiro atoms. The standard InChI is InChI=1S/C10H10BrF2N/c11-6-2-3-7(12)8(9(6)13)10(14)4-1-5-10/h2-3H,1,4-5,14H2. The van der Waals surface area contributed by atoms with Crippen LogP contribution in [0.4, 0.5) is 8.78 Å². The summed E-state index contributed by atoms with van der Waals surface area (Å²) in [5, 5.41) is 0. The molecule has 1 aliphatic carbocycles. The Balaban J connectivity index is 2.56. The van der Waals surface area contributed by atoms with E-state index in [1.165, 1.54) is 12.1 Å². The van der Waals surface area contributed by atoms with Crippen molar-refractivity contribution in [2.75, 3.05) is 0 Å². The van der Waals surface area contributed by atoms with E-state index in [0.29, 0.717) is 12.8 Å². The first-order chi connectivity index (χ1) is 6.54. The molecule has 76 valence electrons. The smallest absolute Gasteiger partial charge is 0.145 e. The summed E-state index contributed by atoms with van der Waals surface area (Å²) in [5.74, 6) is -1.11. The molecule has 0 aliphatic heterocycles. The van der Waals surface area contributed by atoms with Gasteiger partial charge >= 0.3 is 0 Å². The van der Waals surface area contributed by atoms with Gasteiger partial charge in [0.05, 0.1) is 4.47 Å². The molecule has 1 aromatic carbocycles. The molecule has 14 heavy (non-hydrogen) atoms. The van der Waals surface area contributed by atoms with Gasteiger partial charge in [-0.3, -0.25) is 0 Å². The van der Waals surface area contributed by atoms with Gasteiger partial charge < -0.3 is 5.73 Å². The highest BCUT2D eigenvalue weighted by Crippen LogP contribution is 2.42. The van der Waals surface area contributed by atoms with Crippen molar-refractivity contribution in [3.8, 4) is 0 Å². The van der Waals surface area contributed by atoms with Crippen LogP contribution in [-0.2, 0) is 5.54 Å². The Morgan fingerprint density at radius 2 is 1.93 bits per heavy atom. The normalized spacial score (nSPS) is 19.1. The van der Waals surface area contributed by atoms with Crippen LogP contribution in [0.1, 0.15) is 24.8 Å². The van der Waals surface area contributed by atoms with Crippen molar-refractivity contribution in [1.29, 1.82) is 0 Å². The topological polar surface area (TPSA) is 26.0 Å². The first-order valence-electron chi connectivity index (χ1n) is 4.47. The fraction of sp³-hybridized carbons (Fsp3) is 0.400. The molecule has 1 saturated carbocycles. The fourth-order valence-electron chi connectivity index (χ4n) is 1.79. The summed E-state index contributed by atoms with van der Waals surface area (Å²) in [7, 11) is 0. The Hall–Kier alpha value is -0.480. The molecule has 0 unspecified atom stereocenters. The van der Waals surface area contributed by atoms with Gasteiger partial charge in [0.25, 0.3) is 0 Å². The van der Waals surface area contributed by atoms with Gasteiger partial charge in [0, 0.05) is 11.1 Å². The maximum Gasteiger partial charge on any atom is 0.145 e. The van der Waals surface area contributed by atoms with Crippen LogP contribution in [0, 0.1) is 11.6 Å². The van der Waals surface area contributed by atoms with E-state index in [2.05, 4.69) is 15.9 Å². The van der Waals surface area contributed by atoms with Crippen LogP contribution in [0.15, 0.2) is 16.6 Å². The van der Waals surface area contributed by atoms with Crippen molar-refractivity contribution >= 4 is 15.9 Å². The number of hydrogen-bond donors (Lipinski definition) is 1. The number of nitrogens with two attached hydrogens (primary N) is 1. The van der Waals surface area contributed by atoms with E-state index in [9.17, 15) is 8.78 Å². The van der Waals surface area contributed by atoms with E-state index >= 15 is 0 Å². The van der Waals surface area contributed by atoms with Gasteiger partial charge in [-0.2, -0.15) is 0 Å². The van der Waals surface area contributed by atoms with E-state index in [1.54, 1.807) is 0 Å². The second kappa shape index (κ2) is 3.28. The minimum Gasteiger partial charge on any atom is -0.321 e. The van der Waals surface area contributed by atoms with Gasteiger partial charge in [-0.05, 0) is 47.3 Å². The lowest BCUT2D eigenvalue weighted by Crippen LogP contribution is -2.44. The van der Waals surface area contributed by atoms with Crippen molar-refractivity contribution < 1.29 is 8.78 Å². The van der Waals surface area contributed by atoms with E-state index in [-0.39, 0.29) is 10.0 Å². The van der Waals surface area contributed by atoms with Gasteiger partial charge in [-0.25, -0.2) is 8.78 Å². The summed E-state index contributed by atoms with van der Waals surface area (Å²) >= 11 is 3.03. The van der Waals surface area contributed by atoms with Crippen LogP contribution >= 0.6 is 15.9 Å². The maximum atomic E-state index is 13.6. The third-order valence-corrected chi connectivity index (χ3v) is 3.40. The summed E-state index contributed by atoms with van der Waals surface area (Å²) in [5.41, 5.74) is 5.13. The van der Waals surface area contributed by atoms with Gasteiger partial charge in [0.2, 0.25) is 0 Å². The lowest BCUT2D eigenvalue weighted by molar-refractivity contribution is 0.235. The highest BCUT2D eigenvalue weighted by molar-refractivity contribution is 9.10. The Kier molecular flexibility index (Phi) is 2.35. The number of rotatable bonds is 1. The zero-order chi connectivity index (χ0) is 10.3. The molecule has 0 aromatic heterocycles. The molecule has 2 N–H and O–H groups in total. The molecular formula is C10H10BrF2N. The molecule has 0 radical (unpaired) electrons. The summed E-state index contributed by atoms with van der Waals surface area (Å²) in [6.45, 7) is 0. The SMILES string of the molecule is NC1(c2c(F)ccc(Br)c2F)CCC1. The molecule has 4 heteroatoms. The summed E-state index contributed by atoms with van der Waals surface area (Å²) in [6.07, 6.45) is 2.23. The number of hydrogen-bond acceptors (Lipinski definition) is 1. The van der Waals surface area contributed by atoms with Gasteiger partial charge in [-0.15, -0.1) is 0 Å². The largest absolute Gasteiger partial charge is 0.321 e. The third-order valence-electron chi connectivity index (χ3n) is 2.79. The van der Waals surface area contributed by atoms with Gasteiger partial charge in [0.1, 0.15) is 11.6 Å². The van der Waals surface area contributed by atoms with Crippen molar-refractivity contribution in [2.24, 2.45) is 5.73 Å². The number of halogens is 3. The van der Waals surface area contributed by atoms with Gasteiger partial charge in [-0.1, -0.05) is 0 Å². The second-order valence-electron chi connectivity index (χ2n) is 3.73. The lowest BCUT2D eigenvalue weighted by Gasteiger charge is -2.38. The van der Waals surface area contributed by atoms with E-state index in [4.69, 9.17) is 5.73 Å². The van der Waals surface area contributed by atoms with Gasteiger partial charge in [0.15, 0.2) is 0 Å². The quantitative estimate of drug-likeness (QED) is 0.773. The van der Waals surface area contributed by atoms with Crippen LogP contribution in [0.3, 0.4) is 0 Å². The van der Waals surface area contributed by atoms with Crippen molar-refractivity contribution in [1.82, 2.24) is 0 Å². The Bertz CT molecular complexity index is 375. The zero-order valence-corrected chi connectivity index (χ0v) is 9.07. The molecule has 0 amide bonds. The van der Waals surface area contributed by atoms with E-state index in [0.717, 1.165) is 6.42 Å². The lowest BCUT2D eigenvalue weighted by atomic mass is 9.72. The van der Waals surface area contributed by atoms with E-state index in [1.807, 2.05) is 0 Å². The fourth-order valence-corrected chi connectivity index (χ4v) is 2.12. The molecular weight excluding hydrogens is 252 g/mol. The van der Waals surface area contributed by atoms with Crippen LogP contribution in [0.25, 0.3) is 0 Å². The molecule has 1 fully saturated rings. The molecule has 2 rings (SSSR count). The molecule has 0 bridgehead atoms. The molecule has 1 aliphatic rings. The van der Waals surface area contributed by atoms with Crippen molar-refractivity contribution in [2.45, 2.75) is 24.8 Å². The highest BCUT2D eigenvalue weighted by Gasteiger charge is 2.39. The summed E-state index contributed by atoms with van der Waals surface area (Å²) in [4.78, 5) is 0. The number of benzene rings is 1. The van der Waals surface area contributed by atoms with Crippen LogP contribution in [0.2, 0.25) is 0 Å².